The van der Waals surface area contributed by atoms with Crippen LogP contribution in [-0.2, 0) is 11.3 Å². The molecule has 8 heteroatoms. The van der Waals surface area contributed by atoms with Crippen molar-refractivity contribution in [3.05, 3.63) is 58.3 Å². The van der Waals surface area contributed by atoms with Crippen molar-refractivity contribution in [2.75, 3.05) is 30.4 Å². The summed E-state index contributed by atoms with van der Waals surface area (Å²) in [6, 6.07) is 7.14. The molecule has 4 rings (SSSR count). The number of pyridine rings is 2. The van der Waals surface area contributed by atoms with E-state index in [1.807, 2.05) is 17.2 Å². The third kappa shape index (κ3) is 3.56. The molecule has 2 aromatic rings. The first kappa shape index (κ1) is 18.7. The monoisotopic (exact) mass is 398 g/mol. The van der Waals surface area contributed by atoms with E-state index in [2.05, 4.69) is 10.3 Å². The number of fused-ring (bicyclic) bond motifs is 4. The van der Waals surface area contributed by atoms with Gasteiger partial charge in [-0.25, -0.2) is 0 Å². The molecular weight excluding hydrogens is 376 g/mol. The van der Waals surface area contributed by atoms with E-state index < -0.39 is 0 Å². The van der Waals surface area contributed by atoms with Gasteiger partial charge in [-0.05, 0) is 42.9 Å². The number of hydrogen-bond donors (Lipinski definition) is 1. The van der Waals surface area contributed by atoms with Crippen molar-refractivity contribution < 1.29 is 9.59 Å². The second-order valence-electron chi connectivity index (χ2n) is 7.32. The highest BCUT2D eigenvalue weighted by Crippen LogP contribution is 2.35. The molecule has 1 N–H and O–H groups in total. The molecule has 0 aromatic carbocycles. The van der Waals surface area contributed by atoms with Crippen LogP contribution in [0.25, 0.3) is 0 Å². The van der Waals surface area contributed by atoms with Crippen LogP contribution < -0.4 is 10.9 Å². The predicted molar refractivity (Wildman–Crippen MR) is 109 cm³/mol. The van der Waals surface area contributed by atoms with Gasteiger partial charge in [-0.3, -0.25) is 19.4 Å². The number of amides is 2. The Kier molecular flexibility index (Phi) is 5.21. The van der Waals surface area contributed by atoms with Crippen LogP contribution >= 0.6 is 11.8 Å². The standard InChI is InChI=1S/C20H22N4O3S/c1-28-12-18(25)22-16-4-5-17-15-7-13(10-24(17)20(16)27)9-23(11-15)19(26)14-3-2-6-21-8-14/h2-6,8,13,15H,7,9-12H2,1H3,(H,22,25)/t13-,15-/m1/s1. The van der Waals surface area contributed by atoms with Gasteiger partial charge in [0.1, 0.15) is 5.69 Å². The molecule has 0 radical (unpaired) electrons. The molecule has 2 amide bonds. The van der Waals surface area contributed by atoms with Gasteiger partial charge in [0, 0.05) is 43.6 Å². The van der Waals surface area contributed by atoms with E-state index in [1.165, 1.54) is 11.8 Å². The second-order valence-corrected chi connectivity index (χ2v) is 8.19. The van der Waals surface area contributed by atoms with Gasteiger partial charge in [-0.15, -0.1) is 0 Å². The van der Waals surface area contributed by atoms with E-state index in [0.29, 0.717) is 36.6 Å². The van der Waals surface area contributed by atoms with E-state index >= 15 is 0 Å². The van der Waals surface area contributed by atoms with Gasteiger partial charge in [-0.1, -0.05) is 0 Å². The molecule has 2 atom stereocenters. The number of likely N-dealkylation sites (tertiary alicyclic amines) is 1. The van der Waals surface area contributed by atoms with Crippen LogP contribution in [0.5, 0.6) is 0 Å². The quantitative estimate of drug-likeness (QED) is 0.849. The molecule has 1 saturated heterocycles. The summed E-state index contributed by atoms with van der Waals surface area (Å²) in [5.41, 5.74) is 1.69. The van der Waals surface area contributed by atoms with Crippen molar-refractivity contribution in [1.29, 1.82) is 0 Å². The predicted octanol–water partition coefficient (Wildman–Crippen LogP) is 1.80. The molecule has 2 aliphatic rings. The normalized spacial score (nSPS) is 20.4. The Morgan fingerprint density at radius 1 is 1.25 bits per heavy atom. The molecule has 4 heterocycles. The summed E-state index contributed by atoms with van der Waals surface area (Å²) in [5, 5.41) is 2.71. The average molecular weight is 398 g/mol. The zero-order chi connectivity index (χ0) is 19.7. The zero-order valence-corrected chi connectivity index (χ0v) is 16.4. The molecule has 0 saturated carbocycles. The molecular formula is C20H22N4O3S. The van der Waals surface area contributed by atoms with E-state index in [4.69, 9.17) is 0 Å². The minimum Gasteiger partial charge on any atom is -0.338 e. The van der Waals surface area contributed by atoms with Crippen LogP contribution in [0.4, 0.5) is 5.69 Å². The number of piperidine rings is 1. The van der Waals surface area contributed by atoms with Gasteiger partial charge in [0.25, 0.3) is 11.5 Å². The van der Waals surface area contributed by atoms with Crippen molar-refractivity contribution in [2.24, 2.45) is 5.92 Å². The van der Waals surface area contributed by atoms with Crippen molar-refractivity contribution in [2.45, 2.75) is 18.9 Å². The number of aromatic nitrogens is 2. The van der Waals surface area contributed by atoms with E-state index in [9.17, 15) is 14.4 Å². The highest BCUT2D eigenvalue weighted by Gasteiger charge is 2.37. The Morgan fingerprint density at radius 3 is 2.86 bits per heavy atom. The first-order valence-corrected chi connectivity index (χ1v) is 10.7. The van der Waals surface area contributed by atoms with E-state index in [1.54, 1.807) is 35.2 Å². The van der Waals surface area contributed by atoms with Crippen molar-refractivity contribution in [1.82, 2.24) is 14.5 Å². The molecule has 7 nitrogen and oxygen atoms in total. The number of carbonyl (C=O) groups is 2. The van der Waals surface area contributed by atoms with Crippen LogP contribution in [0.15, 0.2) is 41.5 Å². The summed E-state index contributed by atoms with van der Waals surface area (Å²) in [4.78, 5) is 43.5. The lowest BCUT2D eigenvalue weighted by Gasteiger charge is -2.42. The van der Waals surface area contributed by atoms with Gasteiger partial charge < -0.3 is 14.8 Å². The number of hydrogen-bond acceptors (Lipinski definition) is 5. The molecule has 2 bridgehead atoms. The summed E-state index contributed by atoms with van der Waals surface area (Å²) in [7, 11) is 0. The van der Waals surface area contributed by atoms with Crippen molar-refractivity contribution >= 4 is 29.3 Å². The number of nitrogens with zero attached hydrogens (tertiary/aromatic N) is 3. The van der Waals surface area contributed by atoms with Crippen LogP contribution in [0.3, 0.4) is 0 Å². The lowest BCUT2D eigenvalue weighted by atomic mass is 9.83. The maximum Gasteiger partial charge on any atom is 0.274 e. The third-order valence-corrected chi connectivity index (χ3v) is 5.90. The maximum atomic E-state index is 12.9. The lowest BCUT2D eigenvalue weighted by molar-refractivity contribution is -0.113. The van der Waals surface area contributed by atoms with Crippen molar-refractivity contribution in [3.8, 4) is 0 Å². The first-order chi connectivity index (χ1) is 13.6. The minimum atomic E-state index is -0.172. The zero-order valence-electron chi connectivity index (χ0n) is 15.6. The molecule has 146 valence electrons. The fourth-order valence-electron chi connectivity index (χ4n) is 4.20. The Hall–Kier alpha value is -2.61. The van der Waals surface area contributed by atoms with Crippen LogP contribution in [0.1, 0.15) is 28.4 Å². The van der Waals surface area contributed by atoms with Gasteiger partial charge >= 0.3 is 0 Å². The summed E-state index contributed by atoms with van der Waals surface area (Å²) < 4.78 is 1.78. The highest BCUT2D eigenvalue weighted by atomic mass is 32.2. The topological polar surface area (TPSA) is 84.3 Å². The summed E-state index contributed by atoms with van der Waals surface area (Å²) in [6.07, 6.45) is 6.06. The maximum absolute atomic E-state index is 12.9. The SMILES string of the molecule is CSCC(=O)Nc1ccc2n(c1=O)C[C@@H]1C[C@@H]2CN(C(=O)c2cccnc2)C1. The summed E-state index contributed by atoms with van der Waals surface area (Å²) in [5.74, 6) is 0.477. The Labute approximate surface area is 167 Å². The Balaban J connectivity index is 1.57. The fraction of sp³-hybridized carbons (Fsp3) is 0.400. The van der Waals surface area contributed by atoms with Gasteiger partial charge in [0.05, 0.1) is 11.3 Å². The largest absolute Gasteiger partial charge is 0.338 e. The molecule has 1 fully saturated rings. The molecule has 0 spiro atoms. The number of thioether (sulfide) groups is 1. The van der Waals surface area contributed by atoms with Gasteiger partial charge in [0.15, 0.2) is 0 Å². The highest BCUT2D eigenvalue weighted by molar-refractivity contribution is 7.99. The number of nitrogens with one attached hydrogen (secondary N) is 1. The van der Waals surface area contributed by atoms with Crippen LogP contribution in [0, 0.1) is 5.92 Å². The molecule has 2 aromatic heterocycles. The van der Waals surface area contributed by atoms with Gasteiger partial charge in [-0.2, -0.15) is 11.8 Å². The lowest BCUT2D eigenvalue weighted by Crippen LogP contribution is -2.49. The molecule has 0 aliphatic carbocycles. The second kappa shape index (κ2) is 7.79. The van der Waals surface area contributed by atoms with Crippen molar-refractivity contribution in [3.63, 3.8) is 0 Å². The fourth-order valence-corrected chi connectivity index (χ4v) is 4.53. The molecule has 28 heavy (non-hydrogen) atoms. The van der Waals surface area contributed by atoms with Crippen LogP contribution in [0.2, 0.25) is 0 Å². The number of rotatable bonds is 4. The molecule has 0 unspecified atom stereocenters. The van der Waals surface area contributed by atoms with Gasteiger partial charge in [0.2, 0.25) is 5.91 Å². The summed E-state index contributed by atoms with van der Waals surface area (Å²) >= 11 is 1.42. The smallest absolute Gasteiger partial charge is 0.274 e. The van der Waals surface area contributed by atoms with E-state index in [0.717, 1.165) is 12.1 Å². The number of carbonyl (C=O) groups excluding carboxylic acids is 2. The Bertz CT molecular complexity index is 960. The van der Waals surface area contributed by atoms with E-state index in [-0.39, 0.29) is 29.2 Å². The van der Waals surface area contributed by atoms with Crippen LogP contribution in [-0.4, -0.2) is 51.4 Å². The molecule has 2 aliphatic heterocycles. The Morgan fingerprint density at radius 2 is 2.11 bits per heavy atom. The third-order valence-electron chi connectivity index (χ3n) is 5.35. The average Bonchev–Trinajstić information content (AvgIpc) is 2.70. The number of anilines is 1. The summed E-state index contributed by atoms with van der Waals surface area (Å²) in [6.45, 7) is 1.77. The first-order valence-electron chi connectivity index (χ1n) is 9.28. The minimum absolute atomic E-state index is 0.0143.